The van der Waals surface area contributed by atoms with Crippen LogP contribution in [0.5, 0.6) is 0 Å². The summed E-state index contributed by atoms with van der Waals surface area (Å²) in [5.41, 5.74) is 2.44. The van der Waals surface area contributed by atoms with Gasteiger partial charge in [-0.15, -0.1) is 10.2 Å². The summed E-state index contributed by atoms with van der Waals surface area (Å²) in [6, 6.07) is 13.6. The Balaban J connectivity index is 1.56. The minimum Gasteiger partial charge on any atom is -0.459 e. The lowest BCUT2D eigenvalue weighted by Crippen LogP contribution is -2.28. The molecule has 0 spiro atoms. The van der Waals surface area contributed by atoms with Crippen molar-refractivity contribution in [3.63, 3.8) is 0 Å². The van der Waals surface area contributed by atoms with E-state index in [-0.39, 0.29) is 29.7 Å². The molecule has 1 atom stereocenters. The molecule has 0 bridgehead atoms. The molecular formula is C25H29N5O4S. The van der Waals surface area contributed by atoms with Crippen molar-refractivity contribution < 1.29 is 19.1 Å². The Morgan fingerprint density at radius 3 is 2.46 bits per heavy atom. The van der Waals surface area contributed by atoms with E-state index in [2.05, 4.69) is 20.8 Å². The monoisotopic (exact) mass is 495 g/mol. The number of aromatic nitrogens is 3. The number of amides is 2. The normalized spacial score (nSPS) is 11.7. The number of aryl methyl sites for hydroxylation is 1. The first-order valence-corrected chi connectivity index (χ1v) is 12.1. The first kappa shape index (κ1) is 26.0. The zero-order chi connectivity index (χ0) is 25.5. The van der Waals surface area contributed by atoms with Gasteiger partial charge in [-0.3, -0.25) is 9.59 Å². The molecule has 0 aliphatic carbocycles. The van der Waals surface area contributed by atoms with Crippen molar-refractivity contribution >= 4 is 35.2 Å². The smallest absolute Gasteiger partial charge is 0.338 e. The SMILES string of the molecule is Cc1cccc(C(=O)N[C@H](C)c2nnc(SCC(=O)Nc3cccc(C(=O)OC(C)C)c3)n2C)c1. The largest absolute Gasteiger partial charge is 0.459 e. The van der Waals surface area contributed by atoms with Crippen LogP contribution in [0.4, 0.5) is 5.69 Å². The standard InChI is InChI=1S/C25H29N5O4S/c1-15(2)34-24(33)19-10-7-11-20(13-19)27-21(31)14-35-25-29-28-22(30(25)5)17(4)26-23(32)18-9-6-8-16(3)12-18/h6-13,15,17H,14H2,1-5H3,(H,26,32)(H,27,31)/t17-/m1/s1. The van der Waals surface area contributed by atoms with Gasteiger partial charge in [0.2, 0.25) is 5.91 Å². The van der Waals surface area contributed by atoms with Crippen molar-refractivity contribution in [1.29, 1.82) is 0 Å². The molecule has 10 heteroatoms. The molecule has 0 fully saturated rings. The summed E-state index contributed by atoms with van der Waals surface area (Å²) >= 11 is 1.22. The van der Waals surface area contributed by atoms with Gasteiger partial charge in [-0.1, -0.05) is 35.5 Å². The third-order valence-corrected chi connectivity index (χ3v) is 5.96. The van der Waals surface area contributed by atoms with Crippen molar-refractivity contribution in [3.8, 4) is 0 Å². The van der Waals surface area contributed by atoms with Crippen LogP contribution in [0.1, 0.15) is 58.9 Å². The maximum absolute atomic E-state index is 12.6. The molecule has 0 aliphatic heterocycles. The summed E-state index contributed by atoms with van der Waals surface area (Å²) in [6.07, 6.45) is -0.230. The van der Waals surface area contributed by atoms with E-state index in [1.165, 1.54) is 11.8 Å². The maximum Gasteiger partial charge on any atom is 0.338 e. The van der Waals surface area contributed by atoms with Gasteiger partial charge in [0.15, 0.2) is 11.0 Å². The molecule has 2 amide bonds. The zero-order valence-electron chi connectivity index (χ0n) is 20.4. The number of nitrogens with zero attached hydrogens (tertiary/aromatic N) is 3. The molecule has 3 aromatic rings. The Morgan fingerprint density at radius 2 is 1.74 bits per heavy atom. The highest BCUT2D eigenvalue weighted by molar-refractivity contribution is 7.99. The number of ether oxygens (including phenoxy) is 1. The fourth-order valence-electron chi connectivity index (χ4n) is 3.29. The van der Waals surface area contributed by atoms with Gasteiger partial charge in [-0.2, -0.15) is 0 Å². The Hall–Kier alpha value is -3.66. The Kier molecular flexibility index (Phi) is 8.64. The first-order chi connectivity index (χ1) is 16.6. The number of esters is 1. The van der Waals surface area contributed by atoms with Crippen LogP contribution < -0.4 is 10.6 Å². The molecule has 2 N–H and O–H groups in total. The molecule has 184 valence electrons. The average molecular weight is 496 g/mol. The number of nitrogens with one attached hydrogen (secondary N) is 2. The van der Waals surface area contributed by atoms with E-state index < -0.39 is 5.97 Å². The molecule has 0 aliphatic rings. The molecule has 0 radical (unpaired) electrons. The van der Waals surface area contributed by atoms with Crippen molar-refractivity contribution in [3.05, 3.63) is 71.0 Å². The number of carbonyl (C=O) groups is 3. The lowest BCUT2D eigenvalue weighted by Gasteiger charge is -2.14. The minimum atomic E-state index is -0.444. The van der Waals surface area contributed by atoms with E-state index in [0.717, 1.165) is 5.56 Å². The van der Waals surface area contributed by atoms with Crippen molar-refractivity contribution in [2.45, 2.75) is 45.0 Å². The van der Waals surface area contributed by atoms with Gasteiger partial charge in [0.25, 0.3) is 5.91 Å². The first-order valence-electron chi connectivity index (χ1n) is 11.1. The number of benzene rings is 2. The lowest BCUT2D eigenvalue weighted by molar-refractivity contribution is -0.113. The zero-order valence-corrected chi connectivity index (χ0v) is 21.2. The number of rotatable bonds is 9. The fourth-order valence-corrected chi connectivity index (χ4v) is 4.01. The Bertz CT molecular complexity index is 1220. The van der Waals surface area contributed by atoms with Gasteiger partial charge in [0, 0.05) is 18.3 Å². The maximum atomic E-state index is 12.6. The highest BCUT2D eigenvalue weighted by Crippen LogP contribution is 2.20. The van der Waals surface area contributed by atoms with Gasteiger partial charge >= 0.3 is 5.97 Å². The van der Waals surface area contributed by atoms with Crippen LogP contribution in [0.15, 0.2) is 53.7 Å². The number of anilines is 1. The highest BCUT2D eigenvalue weighted by atomic mass is 32.2. The second kappa shape index (κ2) is 11.7. The third-order valence-electron chi connectivity index (χ3n) is 4.94. The van der Waals surface area contributed by atoms with Crippen LogP contribution >= 0.6 is 11.8 Å². The predicted octanol–water partition coefficient (Wildman–Crippen LogP) is 3.91. The third kappa shape index (κ3) is 7.16. The summed E-state index contributed by atoms with van der Waals surface area (Å²) in [5.74, 6) is -0.227. The topological polar surface area (TPSA) is 115 Å². The molecule has 3 rings (SSSR count). The summed E-state index contributed by atoms with van der Waals surface area (Å²) in [4.78, 5) is 37.1. The molecule has 1 aromatic heterocycles. The van der Waals surface area contributed by atoms with Crippen LogP contribution in [0, 0.1) is 6.92 Å². The van der Waals surface area contributed by atoms with E-state index >= 15 is 0 Å². The van der Waals surface area contributed by atoms with Crippen LogP contribution in [0.3, 0.4) is 0 Å². The van der Waals surface area contributed by atoms with E-state index in [0.29, 0.717) is 27.8 Å². The molecule has 0 saturated carbocycles. The second-order valence-electron chi connectivity index (χ2n) is 8.34. The van der Waals surface area contributed by atoms with Gasteiger partial charge < -0.3 is 19.9 Å². The van der Waals surface area contributed by atoms with E-state index in [1.54, 1.807) is 55.8 Å². The van der Waals surface area contributed by atoms with E-state index in [9.17, 15) is 14.4 Å². The van der Waals surface area contributed by atoms with Crippen LogP contribution in [0.25, 0.3) is 0 Å². The van der Waals surface area contributed by atoms with Gasteiger partial charge in [0.05, 0.1) is 23.5 Å². The molecule has 0 unspecified atom stereocenters. The van der Waals surface area contributed by atoms with Crippen LogP contribution in [-0.4, -0.2) is 44.4 Å². The number of hydrogen-bond acceptors (Lipinski definition) is 7. The number of hydrogen-bond donors (Lipinski definition) is 2. The average Bonchev–Trinajstić information content (AvgIpc) is 3.17. The van der Waals surface area contributed by atoms with Gasteiger partial charge in [-0.05, 0) is 58.0 Å². The molecular weight excluding hydrogens is 466 g/mol. The Labute approximate surface area is 208 Å². The van der Waals surface area contributed by atoms with Crippen molar-refractivity contribution in [2.75, 3.05) is 11.1 Å². The molecule has 0 saturated heterocycles. The van der Waals surface area contributed by atoms with Crippen LogP contribution in [0.2, 0.25) is 0 Å². The quantitative estimate of drug-likeness (QED) is 0.342. The summed E-state index contributed by atoms with van der Waals surface area (Å²) in [5, 5.41) is 14.6. The van der Waals surface area contributed by atoms with E-state index in [1.807, 2.05) is 32.0 Å². The Morgan fingerprint density at radius 1 is 1.03 bits per heavy atom. The van der Waals surface area contributed by atoms with Gasteiger partial charge in [0.1, 0.15) is 0 Å². The van der Waals surface area contributed by atoms with E-state index in [4.69, 9.17) is 4.74 Å². The lowest BCUT2D eigenvalue weighted by atomic mass is 10.1. The number of thioether (sulfide) groups is 1. The van der Waals surface area contributed by atoms with Crippen LogP contribution in [-0.2, 0) is 16.6 Å². The summed E-state index contributed by atoms with van der Waals surface area (Å²) < 4.78 is 6.94. The predicted molar refractivity (Wildman–Crippen MR) is 134 cm³/mol. The minimum absolute atomic E-state index is 0.0939. The van der Waals surface area contributed by atoms with Crippen molar-refractivity contribution in [1.82, 2.24) is 20.1 Å². The molecule has 2 aromatic carbocycles. The molecule has 35 heavy (non-hydrogen) atoms. The van der Waals surface area contributed by atoms with Crippen molar-refractivity contribution in [2.24, 2.45) is 7.05 Å². The second-order valence-corrected chi connectivity index (χ2v) is 9.28. The fraction of sp³-hybridized carbons (Fsp3) is 0.320. The summed E-state index contributed by atoms with van der Waals surface area (Å²) in [6.45, 7) is 7.31. The molecule has 1 heterocycles. The number of carbonyl (C=O) groups excluding carboxylic acids is 3. The molecule has 9 nitrogen and oxygen atoms in total. The highest BCUT2D eigenvalue weighted by Gasteiger charge is 2.19. The van der Waals surface area contributed by atoms with Gasteiger partial charge in [-0.25, -0.2) is 4.79 Å². The summed E-state index contributed by atoms with van der Waals surface area (Å²) in [7, 11) is 1.79.